The number of alkyl halides is 3. The SMILES string of the molecule is O=[SH](=O)NNCc1nnc(C(c2nc3ccc(-c4ccc(F)nc4)cc3s2)S(=O)(=O)Cc2ccc(OC(F)(F)F)cc2)o1. The number of nitrogens with one attached hydrogen (secondary N) is 2. The first-order valence-corrected chi connectivity index (χ1v) is 15.6. The molecule has 1 atom stereocenters. The summed E-state index contributed by atoms with van der Waals surface area (Å²) in [7, 11) is -7.24. The highest BCUT2D eigenvalue weighted by Gasteiger charge is 2.37. The Balaban J connectivity index is 1.50. The second kappa shape index (κ2) is 12.3. The van der Waals surface area contributed by atoms with Gasteiger partial charge in [0.2, 0.25) is 28.6 Å². The molecule has 2 N–H and O–H groups in total. The van der Waals surface area contributed by atoms with Crippen LogP contribution in [0.25, 0.3) is 21.3 Å². The van der Waals surface area contributed by atoms with E-state index in [1.54, 1.807) is 18.2 Å². The number of hydrogen-bond acceptors (Lipinski definition) is 12. The van der Waals surface area contributed by atoms with Crippen molar-refractivity contribution in [2.24, 2.45) is 0 Å². The van der Waals surface area contributed by atoms with Crippen LogP contribution in [-0.2, 0) is 33.0 Å². The molecule has 0 aliphatic rings. The largest absolute Gasteiger partial charge is 0.573 e. The summed E-state index contributed by atoms with van der Waals surface area (Å²) in [6.45, 7) is -0.265. The van der Waals surface area contributed by atoms with Gasteiger partial charge in [-0.3, -0.25) is 0 Å². The molecule has 5 rings (SSSR count). The number of nitrogens with zero attached hydrogens (tertiary/aromatic N) is 4. The summed E-state index contributed by atoms with van der Waals surface area (Å²) in [4.78, 5) is 10.0. The van der Waals surface area contributed by atoms with Gasteiger partial charge in [-0.2, -0.15) is 9.22 Å². The van der Waals surface area contributed by atoms with Gasteiger partial charge < -0.3 is 9.15 Å². The zero-order valence-corrected chi connectivity index (χ0v) is 23.8. The van der Waals surface area contributed by atoms with Crippen LogP contribution in [0.4, 0.5) is 17.6 Å². The lowest BCUT2D eigenvalue weighted by Gasteiger charge is -2.13. The van der Waals surface area contributed by atoms with Gasteiger partial charge in [0.1, 0.15) is 10.8 Å². The molecule has 0 fully saturated rings. The predicted octanol–water partition coefficient (Wildman–Crippen LogP) is 3.60. The van der Waals surface area contributed by atoms with Crippen LogP contribution in [0.1, 0.15) is 27.6 Å². The highest BCUT2D eigenvalue weighted by Crippen LogP contribution is 2.38. The second-order valence-corrected chi connectivity index (χ2v) is 12.6. The van der Waals surface area contributed by atoms with Gasteiger partial charge in [-0.05, 0) is 47.5 Å². The standard InChI is InChI=1S/C24H18F4N6O6S3/c25-19-8-4-15(10-29-19)14-3-7-17-18(9-14)41-23(31-17)21(22-33-32-20(39-22)11-30-34-42(35)36)43(37,38)12-13-1-5-16(6-2-13)40-24(26,27)28/h1-10,21,30,42H,11-12H2,(H,34,35,36). The van der Waals surface area contributed by atoms with E-state index < -0.39 is 49.8 Å². The number of pyridine rings is 1. The Bertz CT molecular complexity index is 1920. The minimum atomic E-state index is -4.91. The highest BCUT2D eigenvalue weighted by molar-refractivity contribution is 7.91. The number of thiol groups is 1. The van der Waals surface area contributed by atoms with E-state index >= 15 is 0 Å². The summed E-state index contributed by atoms with van der Waals surface area (Å²) in [5, 5.41) is 6.11. The van der Waals surface area contributed by atoms with Crippen molar-refractivity contribution in [1.82, 2.24) is 30.4 Å². The molecule has 3 heterocycles. The molecule has 3 aromatic heterocycles. The molecule has 2 aromatic carbocycles. The molecule has 5 aromatic rings. The Hall–Kier alpha value is -4.04. The molecule has 0 amide bonds. The molecular weight excluding hydrogens is 640 g/mol. The lowest BCUT2D eigenvalue weighted by atomic mass is 10.1. The number of benzene rings is 2. The molecule has 0 saturated carbocycles. The minimum absolute atomic E-state index is 0.0605. The number of aromatic nitrogens is 4. The number of hydrazine groups is 1. The molecule has 0 spiro atoms. The third-order valence-corrected chi connectivity index (χ3v) is 9.14. The summed E-state index contributed by atoms with van der Waals surface area (Å²) in [6, 6.07) is 12.2. The molecule has 19 heteroatoms. The van der Waals surface area contributed by atoms with Gasteiger partial charge in [0.25, 0.3) is 0 Å². The number of halogens is 4. The Morgan fingerprint density at radius 2 is 1.77 bits per heavy atom. The third kappa shape index (κ3) is 7.68. The molecule has 0 bridgehead atoms. The Kier molecular flexibility index (Phi) is 8.69. The van der Waals surface area contributed by atoms with E-state index in [9.17, 15) is 34.4 Å². The van der Waals surface area contributed by atoms with Crippen molar-refractivity contribution in [3.63, 3.8) is 0 Å². The average Bonchev–Trinajstić information content (AvgIpc) is 3.55. The van der Waals surface area contributed by atoms with Crippen molar-refractivity contribution in [3.8, 4) is 16.9 Å². The molecule has 43 heavy (non-hydrogen) atoms. The van der Waals surface area contributed by atoms with E-state index in [1.807, 2.05) is 4.83 Å². The van der Waals surface area contributed by atoms with Gasteiger partial charge >= 0.3 is 6.36 Å². The van der Waals surface area contributed by atoms with Gasteiger partial charge in [0.05, 0.1) is 22.5 Å². The van der Waals surface area contributed by atoms with E-state index in [2.05, 4.69) is 30.3 Å². The van der Waals surface area contributed by atoms with Gasteiger partial charge in [0.15, 0.2) is 15.1 Å². The molecule has 0 saturated heterocycles. The van der Waals surface area contributed by atoms with E-state index in [0.29, 0.717) is 21.3 Å². The number of rotatable bonds is 11. The van der Waals surface area contributed by atoms with Crippen molar-refractivity contribution in [2.75, 3.05) is 0 Å². The topological polar surface area (TPSA) is 166 Å². The molecule has 1 unspecified atom stereocenters. The molecular formula is C24H18F4N6O6S3. The number of ether oxygens (including phenoxy) is 1. The maximum absolute atomic E-state index is 13.8. The molecule has 226 valence electrons. The number of thiazole rings is 1. The van der Waals surface area contributed by atoms with Gasteiger partial charge in [-0.1, -0.05) is 18.2 Å². The normalized spacial score (nSPS) is 13.0. The van der Waals surface area contributed by atoms with Crippen LogP contribution in [0, 0.1) is 5.95 Å². The lowest BCUT2D eigenvalue weighted by molar-refractivity contribution is -0.274. The second-order valence-electron chi connectivity index (χ2n) is 8.74. The number of hydrogen-bond donors (Lipinski definition) is 3. The molecule has 0 aliphatic carbocycles. The number of sulfone groups is 1. The van der Waals surface area contributed by atoms with Crippen LogP contribution < -0.4 is 15.0 Å². The predicted molar refractivity (Wildman–Crippen MR) is 145 cm³/mol. The minimum Gasteiger partial charge on any atom is -0.422 e. The van der Waals surface area contributed by atoms with E-state index in [0.717, 1.165) is 23.5 Å². The van der Waals surface area contributed by atoms with Crippen molar-refractivity contribution in [2.45, 2.75) is 23.9 Å². The maximum atomic E-state index is 13.8. The molecule has 0 aliphatic heterocycles. The summed E-state index contributed by atoms with van der Waals surface area (Å²) >= 11 is 1.02. The lowest BCUT2D eigenvalue weighted by Crippen LogP contribution is -2.29. The fourth-order valence-corrected chi connectivity index (χ4v) is 7.28. The van der Waals surface area contributed by atoms with Crippen molar-refractivity contribution in [3.05, 3.63) is 89.1 Å². The van der Waals surface area contributed by atoms with E-state index in [-0.39, 0.29) is 28.9 Å². The number of fused-ring (bicyclic) bond motifs is 1. The first-order valence-electron chi connectivity index (χ1n) is 11.9. The summed E-state index contributed by atoms with van der Waals surface area (Å²) in [5.74, 6) is -2.30. The average molecular weight is 659 g/mol. The van der Waals surface area contributed by atoms with E-state index in [4.69, 9.17) is 4.42 Å². The van der Waals surface area contributed by atoms with Crippen LogP contribution >= 0.6 is 11.3 Å². The summed E-state index contributed by atoms with van der Waals surface area (Å²) in [6.07, 6.45) is -3.56. The van der Waals surface area contributed by atoms with Crippen LogP contribution in [-0.4, -0.2) is 43.4 Å². The Morgan fingerprint density at radius 3 is 2.44 bits per heavy atom. The molecule has 12 nitrogen and oxygen atoms in total. The van der Waals surface area contributed by atoms with Crippen LogP contribution in [0.2, 0.25) is 0 Å². The summed E-state index contributed by atoms with van der Waals surface area (Å²) in [5.41, 5.74) is 4.19. The maximum Gasteiger partial charge on any atom is 0.573 e. The van der Waals surface area contributed by atoms with Crippen molar-refractivity contribution < 1.29 is 43.6 Å². The van der Waals surface area contributed by atoms with Gasteiger partial charge in [-0.15, -0.1) is 34.7 Å². The Labute approximate surface area is 245 Å². The third-order valence-electron chi connectivity index (χ3n) is 5.69. The first kappa shape index (κ1) is 30.4. The smallest absolute Gasteiger partial charge is 0.422 e. The fourth-order valence-electron chi connectivity index (χ4n) is 3.92. The summed E-state index contributed by atoms with van der Waals surface area (Å²) < 4.78 is 110. The van der Waals surface area contributed by atoms with Gasteiger partial charge in [0, 0.05) is 11.8 Å². The van der Waals surface area contributed by atoms with Crippen molar-refractivity contribution >= 4 is 42.3 Å². The van der Waals surface area contributed by atoms with Crippen molar-refractivity contribution in [1.29, 1.82) is 0 Å². The zero-order chi connectivity index (χ0) is 30.8. The van der Waals surface area contributed by atoms with Crippen LogP contribution in [0.5, 0.6) is 5.75 Å². The van der Waals surface area contributed by atoms with Gasteiger partial charge in [-0.25, -0.2) is 32.2 Å². The first-order chi connectivity index (χ1) is 20.4. The van der Waals surface area contributed by atoms with E-state index in [1.165, 1.54) is 30.5 Å². The fraction of sp³-hybridized carbons (Fsp3) is 0.167. The Morgan fingerprint density at radius 1 is 1.02 bits per heavy atom. The molecule has 0 radical (unpaired) electrons. The zero-order valence-electron chi connectivity index (χ0n) is 21.3. The monoisotopic (exact) mass is 658 g/mol. The highest BCUT2D eigenvalue weighted by atomic mass is 32.2. The van der Waals surface area contributed by atoms with Crippen LogP contribution in [0.15, 0.2) is 65.2 Å². The van der Waals surface area contributed by atoms with Crippen LogP contribution in [0.3, 0.4) is 0 Å². The quantitative estimate of drug-likeness (QED) is 0.0822.